The molecular weight excluding hydrogens is 280 g/mol. The lowest BCUT2D eigenvalue weighted by atomic mass is 10.1. The molecule has 2 aromatic carbocycles. The summed E-state index contributed by atoms with van der Waals surface area (Å²) < 4.78 is 11.3. The first kappa shape index (κ1) is 14.2. The van der Waals surface area contributed by atoms with Crippen LogP contribution in [-0.4, -0.2) is 11.7 Å². The zero-order chi connectivity index (χ0) is 15.7. The topological polar surface area (TPSA) is 59.7 Å². The Balaban J connectivity index is 2.31. The van der Waals surface area contributed by atoms with E-state index in [9.17, 15) is 9.90 Å². The maximum Gasteiger partial charge on any atom is 0.235 e. The third kappa shape index (κ3) is 2.33. The summed E-state index contributed by atoms with van der Waals surface area (Å²) in [4.78, 5) is 12.4. The van der Waals surface area contributed by atoms with E-state index in [-0.39, 0.29) is 5.76 Å². The Morgan fingerprint density at radius 3 is 2.73 bits per heavy atom. The second-order valence-corrected chi connectivity index (χ2v) is 5.04. The quantitative estimate of drug-likeness (QED) is 0.797. The van der Waals surface area contributed by atoms with Crippen LogP contribution >= 0.6 is 0 Å². The van der Waals surface area contributed by atoms with Crippen molar-refractivity contribution >= 4 is 11.0 Å². The highest BCUT2D eigenvalue weighted by Crippen LogP contribution is 2.36. The lowest BCUT2D eigenvalue weighted by Crippen LogP contribution is -2.03. The fourth-order valence-electron chi connectivity index (χ4n) is 2.42. The van der Waals surface area contributed by atoms with Crippen LogP contribution in [-0.2, 0) is 0 Å². The van der Waals surface area contributed by atoms with E-state index in [2.05, 4.69) is 0 Å². The fourth-order valence-corrected chi connectivity index (χ4v) is 2.42. The predicted molar refractivity (Wildman–Crippen MR) is 85.5 cm³/mol. The molecular formula is C18H16O4. The van der Waals surface area contributed by atoms with Crippen LogP contribution in [0.3, 0.4) is 0 Å². The molecule has 1 heterocycles. The van der Waals surface area contributed by atoms with Gasteiger partial charge in [0.25, 0.3) is 0 Å². The summed E-state index contributed by atoms with van der Waals surface area (Å²) in [6.07, 6.45) is 0. The first-order valence-corrected chi connectivity index (χ1v) is 7.10. The van der Waals surface area contributed by atoms with Gasteiger partial charge in [0.2, 0.25) is 11.2 Å². The Morgan fingerprint density at radius 1 is 1.18 bits per heavy atom. The molecule has 0 bridgehead atoms. The number of aromatic hydroxyl groups is 1. The molecule has 3 aromatic rings. The first-order chi connectivity index (χ1) is 10.6. The molecule has 0 radical (unpaired) electrons. The lowest BCUT2D eigenvalue weighted by molar-refractivity contribution is 0.340. The smallest absolute Gasteiger partial charge is 0.235 e. The number of hydrogen-bond acceptors (Lipinski definition) is 4. The van der Waals surface area contributed by atoms with Crippen LogP contribution in [0, 0.1) is 6.92 Å². The molecule has 0 saturated heterocycles. The highest BCUT2D eigenvalue weighted by molar-refractivity contribution is 5.83. The van der Waals surface area contributed by atoms with Gasteiger partial charge in [-0.15, -0.1) is 0 Å². The number of ether oxygens (including phenoxy) is 1. The van der Waals surface area contributed by atoms with Gasteiger partial charge in [-0.2, -0.15) is 0 Å². The van der Waals surface area contributed by atoms with Gasteiger partial charge in [0.05, 0.1) is 17.6 Å². The van der Waals surface area contributed by atoms with E-state index >= 15 is 0 Å². The molecule has 1 N–H and O–H groups in total. The Kier molecular flexibility index (Phi) is 3.59. The van der Waals surface area contributed by atoms with Gasteiger partial charge in [-0.05, 0) is 38.1 Å². The number of hydrogen-bond donors (Lipinski definition) is 1. The Bertz CT molecular complexity index is 893. The van der Waals surface area contributed by atoms with Gasteiger partial charge < -0.3 is 14.3 Å². The molecule has 112 valence electrons. The van der Waals surface area contributed by atoms with Crippen LogP contribution in [0.4, 0.5) is 0 Å². The van der Waals surface area contributed by atoms with E-state index in [4.69, 9.17) is 9.15 Å². The molecule has 0 unspecified atom stereocenters. The average Bonchev–Trinajstić information content (AvgIpc) is 2.52. The van der Waals surface area contributed by atoms with E-state index in [1.807, 2.05) is 26.0 Å². The zero-order valence-corrected chi connectivity index (χ0v) is 12.4. The van der Waals surface area contributed by atoms with Crippen molar-refractivity contribution in [3.05, 3.63) is 58.3 Å². The van der Waals surface area contributed by atoms with Crippen LogP contribution in [0.2, 0.25) is 0 Å². The summed E-state index contributed by atoms with van der Waals surface area (Å²) >= 11 is 0. The molecule has 0 aliphatic rings. The minimum absolute atomic E-state index is 0.130. The van der Waals surface area contributed by atoms with Crippen molar-refractivity contribution in [1.29, 1.82) is 0 Å². The number of para-hydroxylation sites is 1. The number of fused-ring (bicyclic) bond motifs is 1. The molecule has 1 aromatic heterocycles. The highest BCUT2D eigenvalue weighted by atomic mass is 16.5. The maximum atomic E-state index is 12.4. The predicted octanol–water partition coefficient (Wildman–Crippen LogP) is 3.87. The molecule has 0 aliphatic heterocycles. The standard InChI is InChI=1S/C18H16O4/c1-3-21-14-7-5-4-6-12(14)18-17(20)16(19)13-10-11(2)8-9-15(13)22-18/h4-10,20H,3H2,1-2H3. The minimum Gasteiger partial charge on any atom is -0.502 e. The van der Waals surface area contributed by atoms with Crippen LogP contribution in [0.1, 0.15) is 12.5 Å². The van der Waals surface area contributed by atoms with Crippen LogP contribution < -0.4 is 10.2 Å². The Hall–Kier alpha value is -2.75. The number of benzene rings is 2. The lowest BCUT2D eigenvalue weighted by Gasteiger charge is -2.11. The molecule has 22 heavy (non-hydrogen) atoms. The molecule has 0 fully saturated rings. The highest BCUT2D eigenvalue weighted by Gasteiger charge is 2.18. The maximum absolute atomic E-state index is 12.4. The van der Waals surface area contributed by atoms with Gasteiger partial charge in [0.1, 0.15) is 11.3 Å². The monoisotopic (exact) mass is 296 g/mol. The molecule has 0 aliphatic carbocycles. The van der Waals surface area contributed by atoms with Crippen molar-refractivity contribution in [1.82, 2.24) is 0 Å². The molecule has 0 saturated carbocycles. The summed E-state index contributed by atoms with van der Waals surface area (Å²) in [6, 6.07) is 12.5. The van der Waals surface area contributed by atoms with Crippen molar-refractivity contribution in [2.24, 2.45) is 0 Å². The largest absolute Gasteiger partial charge is 0.502 e. The molecule has 0 amide bonds. The fraction of sp³-hybridized carbons (Fsp3) is 0.167. The van der Waals surface area contributed by atoms with Gasteiger partial charge in [0.15, 0.2) is 5.76 Å². The van der Waals surface area contributed by atoms with Gasteiger partial charge in [-0.25, -0.2) is 0 Å². The normalized spacial score (nSPS) is 10.8. The molecule has 0 atom stereocenters. The van der Waals surface area contributed by atoms with Gasteiger partial charge in [0, 0.05) is 0 Å². The van der Waals surface area contributed by atoms with Crippen molar-refractivity contribution in [2.75, 3.05) is 6.61 Å². The van der Waals surface area contributed by atoms with Crippen LogP contribution in [0.25, 0.3) is 22.3 Å². The van der Waals surface area contributed by atoms with Crippen molar-refractivity contribution in [2.45, 2.75) is 13.8 Å². The summed E-state index contributed by atoms with van der Waals surface area (Å²) in [6.45, 7) is 4.24. The summed E-state index contributed by atoms with van der Waals surface area (Å²) in [7, 11) is 0. The number of rotatable bonds is 3. The first-order valence-electron chi connectivity index (χ1n) is 7.10. The second-order valence-electron chi connectivity index (χ2n) is 5.04. The van der Waals surface area contributed by atoms with Crippen molar-refractivity contribution < 1.29 is 14.3 Å². The summed E-state index contributed by atoms with van der Waals surface area (Å²) in [5.74, 6) is 0.297. The Morgan fingerprint density at radius 2 is 1.95 bits per heavy atom. The van der Waals surface area contributed by atoms with Crippen LogP contribution in [0.15, 0.2) is 51.7 Å². The third-order valence-corrected chi connectivity index (χ3v) is 3.45. The van der Waals surface area contributed by atoms with Crippen LogP contribution in [0.5, 0.6) is 11.5 Å². The molecule has 4 heteroatoms. The summed E-state index contributed by atoms with van der Waals surface area (Å²) in [5, 5.41) is 10.6. The SMILES string of the molecule is CCOc1ccccc1-c1oc2ccc(C)cc2c(=O)c1O. The van der Waals surface area contributed by atoms with Crippen molar-refractivity contribution in [3.8, 4) is 22.8 Å². The number of aryl methyl sites for hydroxylation is 1. The van der Waals surface area contributed by atoms with Gasteiger partial charge in [-0.1, -0.05) is 23.8 Å². The van der Waals surface area contributed by atoms with Gasteiger partial charge >= 0.3 is 0 Å². The second kappa shape index (κ2) is 5.56. The van der Waals surface area contributed by atoms with Gasteiger partial charge in [-0.3, -0.25) is 4.79 Å². The van der Waals surface area contributed by atoms with Crippen molar-refractivity contribution in [3.63, 3.8) is 0 Å². The molecule has 4 nitrogen and oxygen atoms in total. The van der Waals surface area contributed by atoms with E-state index in [0.29, 0.717) is 28.9 Å². The van der Waals surface area contributed by atoms with E-state index in [0.717, 1.165) is 5.56 Å². The Labute approximate surface area is 127 Å². The zero-order valence-electron chi connectivity index (χ0n) is 12.4. The average molecular weight is 296 g/mol. The summed E-state index contributed by atoms with van der Waals surface area (Å²) in [5.41, 5.74) is 1.49. The van der Waals surface area contributed by atoms with E-state index in [1.54, 1.807) is 30.3 Å². The minimum atomic E-state index is -0.439. The van der Waals surface area contributed by atoms with E-state index in [1.165, 1.54) is 0 Å². The third-order valence-electron chi connectivity index (χ3n) is 3.45. The van der Waals surface area contributed by atoms with E-state index < -0.39 is 11.2 Å². The molecule has 3 rings (SSSR count). The molecule has 0 spiro atoms.